The molecule has 1 heterocycles. The van der Waals surface area contributed by atoms with Crippen molar-refractivity contribution in [2.45, 2.75) is 11.8 Å². The maximum atomic E-state index is 12.6. The molecule has 23 heavy (non-hydrogen) atoms. The Hall–Kier alpha value is -1.41. The predicted octanol–water partition coefficient (Wildman–Crippen LogP) is 1.93. The van der Waals surface area contributed by atoms with E-state index in [9.17, 15) is 13.2 Å². The summed E-state index contributed by atoms with van der Waals surface area (Å²) in [4.78, 5) is 12.1. The molecular formula is C15H18ClNO5S. The number of carbonyl (C=O) groups is 1. The zero-order chi connectivity index (χ0) is 17.0. The van der Waals surface area contributed by atoms with Crippen molar-refractivity contribution in [3.8, 4) is 0 Å². The Balaban J connectivity index is 2.28. The van der Waals surface area contributed by atoms with Crippen molar-refractivity contribution in [3.63, 3.8) is 0 Å². The standard InChI is InChI=1S/C15H18ClNO5S/c1-11-3-4-13(9-14(11)15(18)22-10-12(2)16)23(19,20)17-5-7-21-8-6-17/h3-4,9H,2,5-8,10H2,1H3. The molecule has 0 unspecified atom stereocenters. The first-order chi connectivity index (χ1) is 10.8. The van der Waals surface area contributed by atoms with E-state index in [4.69, 9.17) is 21.1 Å². The average molecular weight is 360 g/mol. The van der Waals surface area contributed by atoms with Gasteiger partial charge in [-0.05, 0) is 24.6 Å². The van der Waals surface area contributed by atoms with Gasteiger partial charge in [-0.25, -0.2) is 13.2 Å². The lowest BCUT2D eigenvalue weighted by Gasteiger charge is -2.26. The third kappa shape index (κ3) is 4.32. The molecular weight excluding hydrogens is 342 g/mol. The Morgan fingerprint density at radius 1 is 1.39 bits per heavy atom. The molecule has 0 amide bonds. The van der Waals surface area contributed by atoms with Crippen molar-refractivity contribution in [2.24, 2.45) is 0 Å². The fourth-order valence-electron chi connectivity index (χ4n) is 2.14. The third-order valence-electron chi connectivity index (χ3n) is 3.40. The first kappa shape index (κ1) is 17.9. The molecule has 0 spiro atoms. The lowest BCUT2D eigenvalue weighted by atomic mass is 10.1. The normalized spacial score (nSPS) is 16.1. The second-order valence-corrected chi connectivity index (χ2v) is 7.56. The van der Waals surface area contributed by atoms with Gasteiger partial charge in [0.25, 0.3) is 0 Å². The van der Waals surface area contributed by atoms with Crippen LogP contribution in [0.1, 0.15) is 15.9 Å². The van der Waals surface area contributed by atoms with Crippen LogP contribution in [0.3, 0.4) is 0 Å². The number of ether oxygens (including phenoxy) is 2. The number of morpholine rings is 1. The summed E-state index contributed by atoms with van der Waals surface area (Å²) in [5.74, 6) is -0.636. The van der Waals surface area contributed by atoms with E-state index in [1.165, 1.54) is 16.4 Å². The molecule has 1 fully saturated rings. The van der Waals surface area contributed by atoms with Gasteiger partial charge < -0.3 is 9.47 Å². The Kier molecular flexibility index (Phi) is 5.80. The second kappa shape index (κ2) is 7.44. The second-order valence-electron chi connectivity index (χ2n) is 5.09. The van der Waals surface area contributed by atoms with E-state index < -0.39 is 16.0 Å². The van der Waals surface area contributed by atoms with Gasteiger partial charge in [0.2, 0.25) is 10.0 Å². The van der Waals surface area contributed by atoms with Gasteiger partial charge in [-0.15, -0.1) is 0 Å². The van der Waals surface area contributed by atoms with E-state index in [2.05, 4.69) is 6.58 Å². The van der Waals surface area contributed by atoms with Crippen LogP contribution in [0.5, 0.6) is 0 Å². The monoisotopic (exact) mass is 359 g/mol. The molecule has 1 aliphatic heterocycles. The largest absolute Gasteiger partial charge is 0.456 e. The molecule has 0 aromatic heterocycles. The minimum Gasteiger partial charge on any atom is -0.456 e. The van der Waals surface area contributed by atoms with Crippen molar-refractivity contribution >= 4 is 27.6 Å². The smallest absolute Gasteiger partial charge is 0.338 e. The first-order valence-corrected chi connectivity index (χ1v) is 8.83. The highest BCUT2D eigenvalue weighted by atomic mass is 35.5. The summed E-state index contributed by atoms with van der Waals surface area (Å²) in [6, 6.07) is 4.40. The summed E-state index contributed by atoms with van der Waals surface area (Å²) in [5.41, 5.74) is 0.813. The molecule has 6 nitrogen and oxygen atoms in total. The van der Waals surface area contributed by atoms with E-state index in [1.54, 1.807) is 13.0 Å². The first-order valence-electron chi connectivity index (χ1n) is 7.01. The number of hydrogen-bond acceptors (Lipinski definition) is 5. The summed E-state index contributed by atoms with van der Waals surface area (Å²) in [6.07, 6.45) is 0. The molecule has 0 N–H and O–H groups in total. The van der Waals surface area contributed by atoms with Gasteiger partial charge in [-0.3, -0.25) is 0 Å². The van der Waals surface area contributed by atoms with Crippen LogP contribution in [-0.4, -0.2) is 51.6 Å². The van der Waals surface area contributed by atoms with Crippen molar-refractivity contribution in [1.29, 1.82) is 0 Å². The highest BCUT2D eigenvalue weighted by molar-refractivity contribution is 7.89. The fourth-order valence-corrected chi connectivity index (χ4v) is 3.63. The van der Waals surface area contributed by atoms with Crippen LogP contribution in [0.2, 0.25) is 0 Å². The summed E-state index contributed by atoms with van der Waals surface area (Å²) in [6.45, 7) is 6.32. The molecule has 0 atom stereocenters. The van der Waals surface area contributed by atoms with Crippen molar-refractivity contribution in [2.75, 3.05) is 32.9 Å². The number of nitrogens with zero attached hydrogens (tertiary/aromatic N) is 1. The Morgan fingerprint density at radius 2 is 2.04 bits per heavy atom. The van der Waals surface area contributed by atoms with Gasteiger partial charge in [0.1, 0.15) is 6.61 Å². The zero-order valence-electron chi connectivity index (χ0n) is 12.7. The number of sulfonamides is 1. The number of carbonyl (C=O) groups excluding carboxylic acids is 1. The van der Waals surface area contributed by atoms with Crippen molar-refractivity contribution in [1.82, 2.24) is 4.31 Å². The molecule has 1 aliphatic rings. The van der Waals surface area contributed by atoms with Crippen molar-refractivity contribution in [3.05, 3.63) is 40.9 Å². The van der Waals surface area contributed by atoms with E-state index >= 15 is 0 Å². The molecule has 1 aromatic rings. The van der Waals surface area contributed by atoms with Gasteiger partial charge in [0, 0.05) is 18.1 Å². The highest BCUT2D eigenvalue weighted by Crippen LogP contribution is 2.21. The number of aryl methyl sites for hydroxylation is 1. The minimum atomic E-state index is -3.66. The Morgan fingerprint density at radius 3 is 2.65 bits per heavy atom. The molecule has 0 saturated carbocycles. The Bertz CT molecular complexity index is 711. The summed E-state index contributed by atoms with van der Waals surface area (Å²) in [5, 5.41) is 0.188. The van der Waals surface area contributed by atoms with Crippen LogP contribution < -0.4 is 0 Å². The van der Waals surface area contributed by atoms with E-state index in [0.29, 0.717) is 31.9 Å². The van der Waals surface area contributed by atoms with Crippen LogP contribution >= 0.6 is 11.6 Å². The molecule has 0 aliphatic carbocycles. The summed E-state index contributed by atoms with van der Waals surface area (Å²) >= 11 is 5.57. The van der Waals surface area contributed by atoms with Crippen LogP contribution in [-0.2, 0) is 19.5 Å². The lowest BCUT2D eigenvalue weighted by molar-refractivity contribution is 0.0545. The maximum absolute atomic E-state index is 12.6. The van der Waals surface area contributed by atoms with E-state index in [0.717, 1.165) is 0 Å². The lowest BCUT2D eigenvalue weighted by Crippen LogP contribution is -2.40. The SMILES string of the molecule is C=C(Cl)COC(=O)c1cc(S(=O)(=O)N2CCOCC2)ccc1C. The zero-order valence-corrected chi connectivity index (χ0v) is 14.3. The van der Waals surface area contributed by atoms with Gasteiger partial charge in [-0.2, -0.15) is 4.31 Å². The quantitative estimate of drug-likeness (QED) is 0.751. The predicted molar refractivity (Wildman–Crippen MR) is 86.0 cm³/mol. The highest BCUT2D eigenvalue weighted by Gasteiger charge is 2.27. The molecule has 0 bridgehead atoms. The summed E-state index contributed by atoms with van der Waals surface area (Å²) < 4.78 is 36.7. The summed E-state index contributed by atoms with van der Waals surface area (Å²) in [7, 11) is -3.66. The van der Waals surface area contributed by atoms with Gasteiger partial charge in [-0.1, -0.05) is 24.2 Å². The van der Waals surface area contributed by atoms with Crippen LogP contribution in [0.15, 0.2) is 34.7 Å². The Labute approximate surface area is 140 Å². The van der Waals surface area contributed by atoms with Gasteiger partial charge >= 0.3 is 5.97 Å². The number of benzene rings is 1. The molecule has 8 heteroatoms. The number of halogens is 1. The van der Waals surface area contributed by atoms with Crippen LogP contribution in [0.25, 0.3) is 0 Å². The van der Waals surface area contributed by atoms with Gasteiger partial charge in [0.15, 0.2) is 0 Å². The topological polar surface area (TPSA) is 72.9 Å². The molecule has 126 valence electrons. The number of hydrogen-bond donors (Lipinski definition) is 0. The molecule has 1 aromatic carbocycles. The van der Waals surface area contributed by atoms with Crippen LogP contribution in [0, 0.1) is 6.92 Å². The van der Waals surface area contributed by atoms with Crippen LogP contribution in [0.4, 0.5) is 0 Å². The minimum absolute atomic E-state index is 0.0571. The third-order valence-corrected chi connectivity index (χ3v) is 5.40. The molecule has 0 radical (unpaired) electrons. The van der Waals surface area contributed by atoms with Crippen molar-refractivity contribution < 1.29 is 22.7 Å². The average Bonchev–Trinajstić information content (AvgIpc) is 2.53. The maximum Gasteiger partial charge on any atom is 0.338 e. The number of esters is 1. The van der Waals surface area contributed by atoms with Gasteiger partial charge in [0.05, 0.1) is 23.7 Å². The van der Waals surface area contributed by atoms with E-state index in [-0.39, 0.29) is 22.1 Å². The molecule has 1 saturated heterocycles. The van der Waals surface area contributed by atoms with E-state index in [1.807, 2.05) is 0 Å². The molecule has 2 rings (SSSR count). The number of rotatable bonds is 5. The fraction of sp³-hybridized carbons (Fsp3) is 0.400.